The van der Waals surface area contributed by atoms with Gasteiger partial charge in [0.2, 0.25) is 15.9 Å². The van der Waals surface area contributed by atoms with E-state index in [1.165, 1.54) is 27.4 Å². The Bertz CT molecular complexity index is 1080. The van der Waals surface area contributed by atoms with E-state index in [2.05, 4.69) is 5.32 Å². The predicted molar refractivity (Wildman–Crippen MR) is 112 cm³/mol. The zero-order valence-electron chi connectivity index (χ0n) is 16.0. The number of anilines is 2. The Kier molecular flexibility index (Phi) is 5.68. The first kappa shape index (κ1) is 20.6. The number of nitrogens with zero attached hydrogens (tertiary/aromatic N) is 2. The molecule has 0 unspecified atom stereocenters. The first-order chi connectivity index (χ1) is 14.3. The number of ether oxygens (including phenoxy) is 1. The van der Waals surface area contributed by atoms with E-state index in [1.807, 2.05) is 0 Å². The average Bonchev–Trinajstić information content (AvgIpc) is 3.27. The first-order valence-corrected chi connectivity index (χ1v) is 11.3. The third-order valence-electron chi connectivity index (χ3n) is 5.01. The lowest BCUT2D eigenvalue weighted by Crippen LogP contribution is -2.43. The summed E-state index contributed by atoms with van der Waals surface area (Å²) in [6.45, 7) is 0.453. The Morgan fingerprint density at radius 3 is 2.50 bits per heavy atom. The number of hydrogen-bond acceptors (Lipinski definition) is 5. The molecule has 2 amide bonds. The maximum Gasteiger partial charge on any atom is 0.265 e. The topological polar surface area (TPSA) is 96.0 Å². The largest absolute Gasteiger partial charge is 0.482 e. The van der Waals surface area contributed by atoms with Gasteiger partial charge in [-0.1, -0.05) is 11.6 Å². The Labute approximate surface area is 179 Å². The van der Waals surface area contributed by atoms with Crippen LogP contribution in [0, 0.1) is 0 Å². The van der Waals surface area contributed by atoms with Crippen LogP contribution in [-0.4, -0.2) is 50.8 Å². The van der Waals surface area contributed by atoms with Crippen molar-refractivity contribution in [1.82, 2.24) is 4.31 Å². The maximum atomic E-state index is 12.9. The second kappa shape index (κ2) is 8.25. The number of nitrogens with one attached hydrogen (secondary N) is 1. The van der Waals surface area contributed by atoms with E-state index in [0.29, 0.717) is 29.5 Å². The van der Waals surface area contributed by atoms with Crippen molar-refractivity contribution in [2.24, 2.45) is 0 Å². The molecular weight excluding hydrogens is 430 g/mol. The van der Waals surface area contributed by atoms with Crippen molar-refractivity contribution in [3.05, 3.63) is 47.5 Å². The SMILES string of the molecule is O=C(CN1C(=O)COc2ccc(S(=O)(=O)N3CCCC3)cc21)Nc1ccc(Cl)cc1. The molecule has 4 rings (SSSR count). The van der Waals surface area contributed by atoms with Gasteiger partial charge in [-0.3, -0.25) is 14.5 Å². The second-order valence-electron chi connectivity index (χ2n) is 7.06. The van der Waals surface area contributed by atoms with E-state index in [-0.39, 0.29) is 23.7 Å². The smallest absolute Gasteiger partial charge is 0.265 e. The van der Waals surface area contributed by atoms with Gasteiger partial charge in [-0.15, -0.1) is 0 Å². The molecule has 0 radical (unpaired) electrons. The Morgan fingerprint density at radius 2 is 1.80 bits per heavy atom. The lowest BCUT2D eigenvalue weighted by Gasteiger charge is -2.29. The zero-order chi connectivity index (χ0) is 21.3. The number of amides is 2. The number of benzene rings is 2. The lowest BCUT2D eigenvalue weighted by atomic mass is 10.2. The van der Waals surface area contributed by atoms with Gasteiger partial charge in [0.15, 0.2) is 6.61 Å². The predicted octanol–water partition coefficient (Wildman–Crippen LogP) is 2.49. The van der Waals surface area contributed by atoms with Crippen molar-refractivity contribution in [2.45, 2.75) is 17.7 Å². The lowest BCUT2D eigenvalue weighted by molar-refractivity contribution is -0.123. The maximum absolute atomic E-state index is 12.9. The summed E-state index contributed by atoms with van der Waals surface area (Å²) in [5.41, 5.74) is 0.800. The summed E-state index contributed by atoms with van der Waals surface area (Å²) in [5, 5.41) is 3.24. The Balaban J connectivity index is 1.58. The highest BCUT2D eigenvalue weighted by Crippen LogP contribution is 2.35. The van der Waals surface area contributed by atoms with E-state index in [4.69, 9.17) is 16.3 Å². The molecule has 0 aromatic heterocycles. The fourth-order valence-corrected chi connectivity index (χ4v) is 5.13. The van der Waals surface area contributed by atoms with Crippen LogP contribution < -0.4 is 15.0 Å². The number of fused-ring (bicyclic) bond motifs is 1. The number of carbonyl (C=O) groups excluding carboxylic acids is 2. The van der Waals surface area contributed by atoms with Crippen molar-refractivity contribution in [1.29, 1.82) is 0 Å². The molecular formula is C20H20ClN3O5S. The molecule has 30 heavy (non-hydrogen) atoms. The highest BCUT2D eigenvalue weighted by Gasteiger charge is 2.32. The molecule has 2 aromatic rings. The number of rotatable bonds is 5. The quantitative estimate of drug-likeness (QED) is 0.756. The van der Waals surface area contributed by atoms with Crippen molar-refractivity contribution in [3.63, 3.8) is 0 Å². The molecule has 0 atom stereocenters. The van der Waals surface area contributed by atoms with E-state index in [9.17, 15) is 18.0 Å². The minimum absolute atomic E-state index is 0.0737. The van der Waals surface area contributed by atoms with Crippen LogP contribution in [-0.2, 0) is 19.6 Å². The molecule has 0 bridgehead atoms. The molecule has 1 saturated heterocycles. The van der Waals surface area contributed by atoms with Crippen LogP contribution in [0.2, 0.25) is 5.02 Å². The van der Waals surface area contributed by atoms with Crippen LogP contribution >= 0.6 is 11.6 Å². The van der Waals surface area contributed by atoms with Gasteiger partial charge in [0.25, 0.3) is 5.91 Å². The molecule has 1 fully saturated rings. The van der Waals surface area contributed by atoms with Gasteiger partial charge in [0, 0.05) is 23.8 Å². The molecule has 2 heterocycles. The summed E-state index contributed by atoms with van der Waals surface area (Å²) in [5.74, 6) is -0.495. The standard InChI is InChI=1S/C20H20ClN3O5S/c21-14-3-5-15(6-4-14)22-19(25)12-24-17-11-16(7-8-18(17)29-13-20(24)26)30(27,28)23-9-1-2-10-23/h3-8,11H,1-2,9-10,12-13H2,(H,22,25). The third-order valence-corrected chi connectivity index (χ3v) is 7.15. The summed E-state index contributed by atoms with van der Waals surface area (Å²) in [6.07, 6.45) is 1.64. The van der Waals surface area contributed by atoms with Gasteiger partial charge in [0.1, 0.15) is 12.3 Å². The summed E-state index contributed by atoms with van der Waals surface area (Å²) >= 11 is 5.85. The van der Waals surface area contributed by atoms with Crippen molar-refractivity contribution >= 4 is 44.8 Å². The van der Waals surface area contributed by atoms with E-state index in [1.54, 1.807) is 24.3 Å². The molecule has 8 nitrogen and oxygen atoms in total. The molecule has 0 spiro atoms. The normalized spacial score (nSPS) is 16.8. The van der Waals surface area contributed by atoms with E-state index in [0.717, 1.165) is 12.8 Å². The van der Waals surface area contributed by atoms with Gasteiger partial charge in [-0.2, -0.15) is 4.31 Å². The second-order valence-corrected chi connectivity index (χ2v) is 9.44. The van der Waals surface area contributed by atoms with Crippen LogP contribution in [0.1, 0.15) is 12.8 Å². The molecule has 1 N–H and O–H groups in total. The molecule has 158 valence electrons. The summed E-state index contributed by atoms with van der Waals surface area (Å²) < 4.78 is 32.6. The molecule has 10 heteroatoms. The molecule has 0 saturated carbocycles. The van der Waals surface area contributed by atoms with E-state index >= 15 is 0 Å². The Morgan fingerprint density at radius 1 is 1.10 bits per heavy atom. The van der Waals surface area contributed by atoms with Crippen LogP contribution in [0.15, 0.2) is 47.4 Å². The number of halogens is 1. The van der Waals surface area contributed by atoms with Crippen LogP contribution in [0.5, 0.6) is 5.75 Å². The summed E-state index contributed by atoms with van der Waals surface area (Å²) in [6, 6.07) is 11.0. The molecule has 0 aliphatic carbocycles. The minimum atomic E-state index is -3.67. The third kappa shape index (κ3) is 4.14. The van der Waals surface area contributed by atoms with Crippen molar-refractivity contribution in [2.75, 3.05) is 36.5 Å². The molecule has 2 aliphatic heterocycles. The highest BCUT2D eigenvalue weighted by atomic mass is 35.5. The van der Waals surface area contributed by atoms with Gasteiger partial charge in [-0.25, -0.2) is 8.42 Å². The molecule has 2 aromatic carbocycles. The first-order valence-electron chi connectivity index (χ1n) is 9.47. The van der Waals surface area contributed by atoms with E-state index < -0.39 is 21.8 Å². The number of hydrogen-bond donors (Lipinski definition) is 1. The van der Waals surface area contributed by atoms with Crippen molar-refractivity contribution in [3.8, 4) is 5.75 Å². The Hall–Kier alpha value is -2.62. The van der Waals surface area contributed by atoms with Gasteiger partial charge in [0.05, 0.1) is 10.6 Å². The van der Waals surface area contributed by atoms with Crippen LogP contribution in [0.25, 0.3) is 0 Å². The summed E-state index contributed by atoms with van der Waals surface area (Å²) in [7, 11) is -3.67. The zero-order valence-corrected chi connectivity index (χ0v) is 17.6. The van der Waals surface area contributed by atoms with Crippen LogP contribution in [0.3, 0.4) is 0 Å². The van der Waals surface area contributed by atoms with Gasteiger partial charge in [-0.05, 0) is 55.3 Å². The number of sulfonamides is 1. The number of carbonyl (C=O) groups is 2. The fourth-order valence-electron chi connectivity index (χ4n) is 3.47. The monoisotopic (exact) mass is 449 g/mol. The van der Waals surface area contributed by atoms with Crippen molar-refractivity contribution < 1.29 is 22.7 Å². The van der Waals surface area contributed by atoms with Crippen LogP contribution in [0.4, 0.5) is 11.4 Å². The highest BCUT2D eigenvalue weighted by molar-refractivity contribution is 7.89. The fraction of sp³-hybridized carbons (Fsp3) is 0.300. The average molecular weight is 450 g/mol. The van der Waals surface area contributed by atoms with Gasteiger partial charge >= 0.3 is 0 Å². The molecule has 2 aliphatic rings. The minimum Gasteiger partial charge on any atom is -0.482 e. The van der Waals surface area contributed by atoms with Gasteiger partial charge < -0.3 is 10.1 Å². The summed E-state index contributed by atoms with van der Waals surface area (Å²) in [4.78, 5) is 26.3.